The topological polar surface area (TPSA) is 0 Å². The van der Waals surface area contributed by atoms with Gasteiger partial charge < -0.3 is 0 Å². The van der Waals surface area contributed by atoms with E-state index in [9.17, 15) is 0 Å². The Morgan fingerprint density at radius 2 is 0.568 bits per heavy atom. The molecule has 0 saturated carbocycles. The van der Waals surface area contributed by atoms with Crippen LogP contribution < -0.4 is 0 Å². The molecule has 0 aliphatic carbocycles. The molecule has 174 valence electrons. The highest BCUT2D eigenvalue weighted by molar-refractivity contribution is 7.25. The lowest BCUT2D eigenvalue weighted by atomic mass is 9.91. The molecular weight excluding hydrogens is 464 g/mol. The Labute approximate surface area is 221 Å². The summed E-state index contributed by atoms with van der Waals surface area (Å²) in [5, 5.41) is 2.63. The first-order valence-electron chi connectivity index (χ1n) is 12.6. The van der Waals surface area contributed by atoms with Gasteiger partial charge in [0.15, 0.2) is 0 Å². The van der Waals surface area contributed by atoms with Crippen molar-refractivity contribution >= 4 is 31.5 Å². The Morgan fingerprint density at radius 1 is 0.297 bits per heavy atom. The van der Waals surface area contributed by atoms with E-state index in [2.05, 4.69) is 146 Å². The molecule has 7 aromatic rings. The van der Waals surface area contributed by atoms with Crippen LogP contribution in [0.5, 0.6) is 0 Å². The molecule has 0 unspecified atom stereocenters. The third-order valence-corrected chi connectivity index (χ3v) is 8.20. The van der Waals surface area contributed by atoms with Crippen LogP contribution in [0.4, 0.5) is 0 Å². The van der Waals surface area contributed by atoms with E-state index in [1.165, 1.54) is 64.7 Å². The largest absolute Gasteiger partial charge is 0.135 e. The average molecular weight is 489 g/mol. The molecule has 6 aromatic carbocycles. The normalized spacial score (nSPS) is 11.2. The van der Waals surface area contributed by atoms with Gasteiger partial charge in [-0.15, -0.1) is 11.3 Å². The first-order valence-corrected chi connectivity index (χ1v) is 13.4. The Hall–Kier alpha value is -4.46. The van der Waals surface area contributed by atoms with Crippen molar-refractivity contribution in [2.75, 3.05) is 0 Å². The van der Waals surface area contributed by atoms with Crippen molar-refractivity contribution < 1.29 is 0 Å². The fourth-order valence-electron chi connectivity index (χ4n) is 5.29. The maximum atomic E-state index is 2.41. The van der Waals surface area contributed by atoms with Crippen LogP contribution in [0.1, 0.15) is 0 Å². The molecule has 0 saturated heterocycles. The lowest BCUT2D eigenvalue weighted by Crippen LogP contribution is -1.86. The van der Waals surface area contributed by atoms with E-state index in [0.29, 0.717) is 0 Å². The molecule has 0 radical (unpaired) electrons. The van der Waals surface area contributed by atoms with Gasteiger partial charge in [0.25, 0.3) is 0 Å². The Balaban J connectivity index is 1.55. The molecule has 7 rings (SSSR count). The average Bonchev–Trinajstić information content (AvgIpc) is 3.34. The van der Waals surface area contributed by atoms with Crippen molar-refractivity contribution in [3.63, 3.8) is 0 Å². The highest BCUT2D eigenvalue weighted by Crippen LogP contribution is 2.45. The fourth-order valence-corrected chi connectivity index (χ4v) is 6.44. The third kappa shape index (κ3) is 3.94. The highest BCUT2D eigenvalue weighted by Gasteiger charge is 2.16. The SMILES string of the molecule is c1ccc(-c2cc3sc4cc(-c5ccccc5)c(-c5ccccc5)cc4c3cc2-c2ccccc2)cc1. The Bertz CT molecular complexity index is 1690. The molecule has 1 heteroatoms. The van der Waals surface area contributed by atoms with Crippen LogP contribution >= 0.6 is 11.3 Å². The number of hydrogen-bond acceptors (Lipinski definition) is 1. The van der Waals surface area contributed by atoms with Crippen LogP contribution in [-0.4, -0.2) is 0 Å². The van der Waals surface area contributed by atoms with Gasteiger partial charge in [0.2, 0.25) is 0 Å². The number of benzene rings is 6. The minimum Gasteiger partial charge on any atom is -0.135 e. The van der Waals surface area contributed by atoms with Gasteiger partial charge in [0.1, 0.15) is 0 Å². The van der Waals surface area contributed by atoms with Crippen molar-refractivity contribution in [2.24, 2.45) is 0 Å². The zero-order chi connectivity index (χ0) is 24.6. The minimum absolute atomic E-state index is 1.24. The molecule has 1 heterocycles. The molecule has 0 atom stereocenters. The summed E-state index contributed by atoms with van der Waals surface area (Å²) in [5.74, 6) is 0. The van der Waals surface area contributed by atoms with Crippen LogP contribution in [0.2, 0.25) is 0 Å². The molecule has 0 nitrogen and oxygen atoms in total. The van der Waals surface area contributed by atoms with Crippen LogP contribution in [0.3, 0.4) is 0 Å². The molecule has 37 heavy (non-hydrogen) atoms. The number of thiophene rings is 1. The van der Waals surface area contributed by atoms with Crippen LogP contribution in [0.25, 0.3) is 64.7 Å². The molecule has 0 N–H and O–H groups in total. The van der Waals surface area contributed by atoms with Crippen molar-refractivity contribution in [1.82, 2.24) is 0 Å². The molecule has 1 aromatic heterocycles. The Kier molecular flexibility index (Phi) is 5.42. The third-order valence-electron chi connectivity index (χ3n) is 7.09. The number of rotatable bonds is 4. The van der Waals surface area contributed by atoms with Crippen molar-refractivity contribution in [1.29, 1.82) is 0 Å². The summed E-state index contributed by atoms with van der Waals surface area (Å²) in [6.07, 6.45) is 0. The predicted octanol–water partition coefficient (Wildman–Crippen LogP) is 10.7. The smallest absolute Gasteiger partial charge is 0.0362 e. The zero-order valence-electron chi connectivity index (χ0n) is 20.3. The highest BCUT2D eigenvalue weighted by atomic mass is 32.1. The molecular formula is C36H24S. The monoisotopic (exact) mass is 488 g/mol. The van der Waals surface area contributed by atoms with Gasteiger partial charge in [-0.25, -0.2) is 0 Å². The van der Waals surface area contributed by atoms with Crippen molar-refractivity contribution in [2.45, 2.75) is 0 Å². The zero-order valence-corrected chi connectivity index (χ0v) is 21.1. The van der Waals surface area contributed by atoms with E-state index >= 15 is 0 Å². The number of hydrogen-bond donors (Lipinski definition) is 0. The summed E-state index contributed by atoms with van der Waals surface area (Å²) in [4.78, 5) is 0. The first kappa shape index (κ1) is 21.8. The van der Waals surface area contributed by atoms with E-state index in [4.69, 9.17) is 0 Å². The van der Waals surface area contributed by atoms with E-state index in [-0.39, 0.29) is 0 Å². The van der Waals surface area contributed by atoms with E-state index < -0.39 is 0 Å². The van der Waals surface area contributed by atoms with Crippen molar-refractivity contribution in [3.05, 3.63) is 146 Å². The van der Waals surface area contributed by atoms with Crippen molar-refractivity contribution in [3.8, 4) is 44.5 Å². The second kappa shape index (κ2) is 9.20. The van der Waals surface area contributed by atoms with Gasteiger partial charge in [-0.1, -0.05) is 121 Å². The van der Waals surface area contributed by atoms with Crippen LogP contribution in [0, 0.1) is 0 Å². The van der Waals surface area contributed by atoms with Gasteiger partial charge in [0.05, 0.1) is 0 Å². The minimum atomic E-state index is 1.24. The summed E-state index contributed by atoms with van der Waals surface area (Å²) in [6, 6.07) is 52.6. The lowest BCUT2D eigenvalue weighted by Gasteiger charge is -2.13. The quantitative estimate of drug-likeness (QED) is 0.231. The maximum absolute atomic E-state index is 2.41. The van der Waals surface area contributed by atoms with Gasteiger partial charge in [-0.2, -0.15) is 0 Å². The van der Waals surface area contributed by atoms with Gasteiger partial charge in [-0.05, 0) is 68.8 Å². The predicted molar refractivity (Wildman–Crippen MR) is 161 cm³/mol. The maximum Gasteiger partial charge on any atom is 0.0362 e. The van der Waals surface area contributed by atoms with Gasteiger partial charge in [-0.3, -0.25) is 0 Å². The number of fused-ring (bicyclic) bond motifs is 3. The molecule has 0 aliphatic rings. The second-order valence-electron chi connectivity index (χ2n) is 9.35. The van der Waals surface area contributed by atoms with Gasteiger partial charge >= 0.3 is 0 Å². The summed E-state index contributed by atoms with van der Waals surface area (Å²) >= 11 is 1.89. The molecule has 0 fully saturated rings. The fraction of sp³-hybridized carbons (Fsp3) is 0. The summed E-state index contributed by atoms with van der Waals surface area (Å²) < 4.78 is 2.63. The van der Waals surface area contributed by atoms with E-state index in [1.807, 2.05) is 11.3 Å². The molecule has 0 amide bonds. The lowest BCUT2D eigenvalue weighted by molar-refractivity contribution is 1.61. The second-order valence-corrected chi connectivity index (χ2v) is 10.4. The molecule has 0 spiro atoms. The standard InChI is InChI=1S/C36H24S/c1-5-13-25(14-6-1)29-21-33-34-22-30(26-15-7-2-8-16-26)32(28-19-11-4-12-20-28)24-36(34)37-35(33)23-31(29)27-17-9-3-10-18-27/h1-24H. The molecule has 0 bridgehead atoms. The van der Waals surface area contributed by atoms with E-state index in [0.717, 1.165) is 0 Å². The summed E-state index contributed by atoms with van der Waals surface area (Å²) in [6.45, 7) is 0. The van der Waals surface area contributed by atoms with Gasteiger partial charge in [0, 0.05) is 20.2 Å². The first-order chi connectivity index (χ1) is 18.3. The summed E-state index contributed by atoms with van der Waals surface area (Å²) in [5.41, 5.74) is 10.1. The van der Waals surface area contributed by atoms with Crippen LogP contribution in [-0.2, 0) is 0 Å². The Morgan fingerprint density at radius 3 is 0.865 bits per heavy atom. The molecule has 0 aliphatic heterocycles. The van der Waals surface area contributed by atoms with Crippen LogP contribution in [0.15, 0.2) is 146 Å². The summed E-state index contributed by atoms with van der Waals surface area (Å²) in [7, 11) is 0. The van der Waals surface area contributed by atoms with E-state index in [1.54, 1.807) is 0 Å².